The molecule has 0 amide bonds. The Morgan fingerprint density at radius 3 is 2.65 bits per heavy atom. The highest BCUT2D eigenvalue weighted by Crippen LogP contribution is 2.64. The first-order chi connectivity index (χ1) is 10.9. The first kappa shape index (κ1) is 15.8. The van der Waals surface area contributed by atoms with Crippen LogP contribution in [0.2, 0.25) is 0 Å². The summed E-state index contributed by atoms with van der Waals surface area (Å²) >= 11 is 0. The van der Waals surface area contributed by atoms with E-state index in [-0.39, 0.29) is 16.9 Å². The molecule has 7 atom stereocenters. The molecule has 0 spiro atoms. The Kier molecular flexibility index (Phi) is 3.54. The van der Waals surface area contributed by atoms with Gasteiger partial charge < -0.3 is 5.11 Å². The van der Waals surface area contributed by atoms with E-state index in [4.69, 9.17) is 0 Å². The molecule has 4 saturated carbocycles. The predicted octanol–water partition coefficient (Wildman–Crippen LogP) is 3.53. The summed E-state index contributed by atoms with van der Waals surface area (Å²) in [7, 11) is 0. The third-order valence-electron chi connectivity index (χ3n) is 8.36. The molecule has 0 heterocycles. The molecule has 0 unspecified atom stereocenters. The molecular weight excluding hydrogens is 288 g/mol. The van der Waals surface area contributed by atoms with Gasteiger partial charge in [0.05, 0.1) is 6.10 Å². The van der Waals surface area contributed by atoms with Gasteiger partial charge in [-0.05, 0) is 67.6 Å². The zero-order valence-electron chi connectivity index (χ0n) is 14.5. The van der Waals surface area contributed by atoms with Gasteiger partial charge in [0.2, 0.25) is 0 Å². The number of carbonyl (C=O) groups excluding carboxylic acids is 2. The molecule has 3 nitrogen and oxygen atoms in total. The zero-order valence-corrected chi connectivity index (χ0v) is 14.5. The topological polar surface area (TPSA) is 54.4 Å². The van der Waals surface area contributed by atoms with E-state index in [0.717, 1.165) is 32.1 Å². The summed E-state index contributed by atoms with van der Waals surface area (Å²) in [6.45, 7) is 4.45. The average molecular weight is 318 g/mol. The molecule has 1 N–H and O–H groups in total. The van der Waals surface area contributed by atoms with Gasteiger partial charge >= 0.3 is 0 Å². The normalized spacial score (nSPS) is 53.3. The van der Waals surface area contributed by atoms with E-state index < -0.39 is 0 Å². The van der Waals surface area contributed by atoms with Crippen molar-refractivity contribution in [1.82, 2.24) is 0 Å². The van der Waals surface area contributed by atoms with Crippen LogP contribution < -0.4 is 0 Å². The molecular formula is C20H30O3. The van der Waals surface area contributed by atoms with Gasteiger partial charge in [0.1, 0.15) is 11.6 Å². The van der Waals surface area contributed by atoms with Gasteiger partial charge in [-0.3, -0.25) is 9.59 Å². The van der Waals surface area contributed by atoms with E-state index in [9.17, 15) is 14.7 Å². The van der Waals surface area contributed by atoms with Crippen LogP contribution in [-0.2, 0) is 9.59 Å². The molecule has 4 rings (SSSR count). The lowest BCUT2D eigenvalue weighted by molar-refractivity contribution is -0.184. The summed E-state index contributed by atoms with van der Waals surface area (Å²) in [4.78, 5) is 24.5. The molecule has 0 bridgehead atoms. The first-order valence-electron chi connectivity index (χ1n) is 9.59. The molecule has 0 aromatic rings. The maximum absolute atomic E-state index is 12.6. The maximum atomic E-state index is 12.6. The summed E-state index contributed by atoms with van der Waals surface area (Å²) in [5, 5.41) is 11.1. The zero-order chi connectivity index (χ0) is 16.4. The number of carbonyl (C=O) groups is 2. The van der Waals surface area contributed by atoms with Crippen LogP contribution in [0.3, 0.4) is 0 Å². The Hall–Kier alpha value is -0.700. The van der Waals surface area contributed by atoms with Crippen molar-refractivity contribution in [3.8, 4) is 0 Å². The summed E-state index contributed by atoms with van der Waals surface area (Å²) in [6.07, 6.45) is 7.69. The highest BCUT2D eigenvalue weighted by Gasteiger charge is 2.62. The van der Waals surface area contributed by atoms with Crippen LogP contribution >= 0.6 is 0 Å². The number of hydrogen-bond acceptors (Lipinski definition) is 3. The third-order valence-corrected chi connectivity index (χ3v) is 8.36. The number of fused-ring (bicyclic) bond motifs is 5. The summed E-state index contributed by atoms with van der Waals surface area (Å²) < 4.78 is 0. The van der Waals surface area contributed by atoms with E-state index in [2.05, 4.69) is 13.8 Å². The van der Waals surface area contributed by atoms with E-state index in [0.29, 0.717) is 60.9 Å². The lowest BCUT2D eigenvalue weighted by atomic mass is 9.42. The van der Waals surface area contributed by atoms with Crippen LogP contribution in [0.4, 0.5) is 0 Å². The van der Waals surface area contributed by atoms with E-state index in [1.54, 1.807) is 0 Å². The average Bonchev–Trinajstić information content (AvgIpc) is 2.49. The molecule has 0 aromatic heterocycles. The van der Waals surface area contributed by atoms with E-state index in [1.165, 1.54) is 0 Å². The summed E-state index contributed by atoms with van der Waals surface area (Å²) in [5.74, 6) is 2.46. The van der Waals surface area contributed by atoms with Gasteiger partial charge in [-0.15, -0.1) is 0 Å². The Bertz CT molecular complexity index is 541. The second-order valence-corrected chi connectivity index (χ2v) is 9.32. The fourth-order valence-electron chi connectivity index (χ4n) is 7.14. The Labute approximate surface area is 139 Å². The minimum atomic E-state index is -0.371. The first-order valence-corrected chi connectivity index (χ1v) is 9.59. The summed E-state index contributed by atoms with van der Waals surface area (Å²) in [5.41, 5.74) is -0.204. The smallest absolute Gasteiger partial charge is 0.139 e. The van der Waals surface area contributed by atoms with Gasteiger partial charge in [-0.25, -0.2) is 0 Å². The molecule has 0 aromatic carbocycles. The van der Waals surface area contributed by atoms with Crippen molar-refractivity contribution in [3.63, 3.8) is 0 Å². The van der Waals surface area contributed by atoms with Crippen LogP contribution in [0.5, 0.6) is 0 Å². The van der Waals surface area contributed by atoms with Crippen LogP contribution in [0.15, 0.2) is 0 Å². The minimum Gasteiger partial charge on any atom is -0.393 e. The van der Waals surface area contributed by atoms with Crippen molar-refractivity contribution in [2.45, 2.75) is 77.7 Å². The van der Waals surface area contributed by atoms with Crippen molar-refractivity contribution in [2.24, 2.45) is 34.5 Å². The molecule has 0 aliphatic heterocycles. The molecule has 0 radical (unpaired) electrons. The number of hydrogen-bond donors (Lipinski definition) is 1. The second kappa shape index (κ2) is 5.15. The molecule has 4 aliphatic carbocycles. The highest BCUT2D eigenvalue weighted by molar-refractivity contribution is 5.85. The molecule has 0 saturated heterocycles. The Morgan fingerprint density at radius 1 is 1.09 bits per heavy atom. The van der Waals surface area contributed by atoms with Crippen molar-refractivity contribution in [2.75, 3.05) is 0 Å². The van der Waals surface area contributed by atoms with Gasteiger partial charge in [0.25, 0.3) is 0 Å². The third kappa shape index (κ3) is 2.11. The van der Waals surface area contributed by atoms with E-state index in [1.807, 2.05) is 0 Å². The SMILES string of the molecule is C[C@]12CCC(=O)C[C@@H]1CC[C@H]1[C@@H]2[C@H](O)C[C@]2(C)C(=O)CCC[C@@H]12. The molecule has 128 valence electrons. The van der Waals surface area contributed by atoms with E-state index >= 15 is 0 Å². The van der Waals surface area contributed by atoms with Crippen LogP contribution in [0, 0.1) is 34.5 Å². The number of rotatable bonds is 0. The monoisotopic (exact) mass is 318 g/mol. The molecule has 4 aliphatic rings. The fourth-order valence-corrected chi connectivity index (χ4v) is 7.14. The number of aliphatic hydroxyl groups is 1. The lowest BCUT2D eigenvalue weighted by Gasteiger charge is -2.62. The number of aliphatic hydroxyl groups excluding tert-OH is 1. The fraction of sp³-hybridized carbons (Fsp3) is 0.900. The maximum Gasteiger partial charge on any atom is 0.139 e. The van der Waals surface area contributed by atoms with Gasteiger partial charge in [0, 0.05) is 24.7 Å². The van der Waals surface area contributed by atoms with Crippen LogP contribution in [0.1, 0.15) is 71.6 Å². The quantitative estimate of drug-likeness (QED) is 0.743. The van der Waals surface area contributed by atoms with Crippen molar-refractivity contribution >= 4 is 11.6 Å². The van der Waals surface area contributed by atoms with Crippen molar-refractivity contribution in [3.05, 3.63) is 0 Å². The molecule has 3 heteroatoms. The largest absolute Gasteiger partial charge is 0.393 e. The standard InChI is InChI=1S/C20H30O3/c1-19-9-8-13(21)10-12(19)6-7-14-15-4-3-5-17(23)20(15,2)11-16(22)18(14)19/h12,14-16,18,22H,3-11H2,1-2H3/t12-,14+,15-,16+,18+,19-,20-/m0/s1. The minimum absolute atomic E-state index is 0.0953. The van der Waals surface area contributed by atoms with Crippen LogP contribution in [-0.4, -0.2) is 22.8 Å². The van der Waals surface area contributed by atoms with Crippen molar-refractivity contribution < 1.29 is 14.7 Å². The lowest BCUT2D eigenvalue weighted by Crippen LogP contribution is -2.61. The predicted molar refractivity (Wildman–Crippen MR) is 87.7 cm³/mol. The van der Waals surface area contributed by atoms with Crippen LogP contribution in [0.25, 0.3) is 0 Å². The van der Waals surface area contributed by atoms with Gasteiger partial charge in [-0.1, -0.05) is 13.8 Å². The highest BCUT2D eigenvalue weighted by atomic mass is 16.3. The Morgan fingerprint density at radius 2 is 1.87 bits per heavy atom. The second-order valence-electron chi connectivity index (χ2n) is 9.32. The van der Waals surface area contributed by atoms with Gasteiger partial charge in [0.15, 0.2) is 0 Å². The molecule has 23 heavy (non-hydrogen) atoms. The van der Waals surface area contributed by atoms with Gasteiger partial charge in [-0.2, -0.15) is 0 Å². The molecule has 4 fully saturated rings. The number of Topliss-reactive ketones (excluding diaryl/α,β-unsaturated/α-hetero) is 2. The summed E-state index contributed by atoms with van der Waals surface area (Å²) in [6, 6.07) is 0. The van der Waals surface area contributed by atoms with Crippen molar-refractivity contribution in [1.29, 1.82) is 0 Å². The Balaban J connectivity index is 1.70. The number of ketones is 2.